The molecule has 0 saturated heterocycles. The van der Waals surface area contributed by atoms with Crippen LogP contribution in [0.15, 0.2) is 72.1 Å². The Bertz CT molecular complexity index is 1190. The number of carbonyl (C=O) groups excluding carboxylic acids is 1. The van der Waals surface area contributed by atoms with E-state index in [1.54, 1.807) is 24.5 Å². The molecule has 31 heavy (non-hydrogen) atoms. The standard InChI is InChI=1S/C23H20FN5OS/c1-15-4-3-5-16(2)21(15)26-20(30)14-31-23-28-27-22(17-10-12-25-13-11-17)29(23)19-8-6-18(24)7-9-19/h3-13H,14H2,1-2H3,(H,26,30). The SMILES string of the molecule is Cc1cccc(C)c1NC(=O)CSc1nnc(-c2ccncc2)n1-c1ccc(F)cc1. The van der Waals surface area contributed by atoms with Crippen LogP contribution in [0.4, 0.5) is 10.1 Å². The van der Waals surface area contributed by atoms with Crippen LogP contribution in [-0.2, 0) is 4.79 Å². The molecule has 4 rings (SSSR count). The maximum atomic E-state index is 13.5. The number of halogens is 1. The number of aromatic nitrogens is 4. The van der Waals surface area contributed by atoms with Crippen LogP contribution in [0.2, 0.25) is 0 Å². The van der Waals surface area contributed by atoms with Crippen LogP contribution in [0, 0.1) is 19.7 Å². The maximum absolute atomic E-state index is 13.5. The zero-order chi connectivity index (χ0) is 21.8. The van der Waals surface area contributed by atoms with Crippen LogP contribution in [0.1, 0.15) is 11.1 Å². The predicted molar refractivity (Wildman–Crippen MR) is 120 cm³/mol. The zero-order valence-corrected chi connectivity index (χ0v) is 17.9. The molecule has 2 heterocycles. The minimum atomic E-state index is -0.329. The van der Waals surface area contributed by atoms with Crippen LogP contribution < -0.4 is 5.32 Å². The van der Waals surface area contributed by atoms with Crippen molar-refractivity contribution in [3.63, 3.8) is 0 Å². The second kappa shape index (κ2) is 9.09. The minimum Gasteiger partial charge on any atom is -0.325 e. The Morgan fingerprint density at radius 2 is 1.68 bits per heavy atom. The van der Waals surface area contributed by atoms with Crippen molar-refractivity contribution >= 4 is 23.4 Å². The molecule has 2 aromatic carbocycles. The molecule has 156 valence electrons. The Hall–Kier alpha value is -3.52. The van der Waals surface area contributed by atoms with Gasteiger partial charge in [-0.2, -0.15) is 0 Å². The van der Waals surface area contributed by atoms with E-state index in [4.69, 9.17) is 0 Å². The van der Waals surface area contributed by atoms with Gasteiger partial charge in [0, 0.05) is 29.3 Å². The number of nitrogens with zero attached hydrogens (tertiary/aromatic N) is 4. The monoisotopic (exact) mass is 433 g/mol. The van der Waals surface area contributed by atoms with Gasteiger partial charge in [-0.05, 0) is 61.4 Å². The molecule has 0 aliphatic carbocycles. The number of benzene rings is 2. The lowest BCUT2D eigenvalue weighted by molar-refractivity contribution is -0.113. The van der Waals surface area contributed by atoms with Gasteiger partial charge in [-0.15, -0.1) is 10.2 Å². The van der Waals surface area contributed by atoms with Crippen LogP contribution in [0.25, 0.3) is 17.1 Å². The Kier molecular flexibility index (Phi) is 6.08. The van der Waals surface area contributed by atoms with Crippen molar-refractivity contribution < 1.29 is 9.18 Å². The minimum absolute atomic E-state index is 0.137. The molecule has 0 saturated carbocycles. The third kappa shape index (κ3) is 4.64. The van der Waals surface area contributed by atoms with Crippen molar-refractivity contribution in [3.8, 4) is 17.1 Å². The quantitative estimate of drug-likeness (QED) is 0.442. The second-order valence-corrected chi connectivity index (χ2v) is 7.90. The van der Waals surface area contributed by atoms with Gasteiger partial charge in [0.25, 0.3) is 0 Å². The molecule has 0 atom stereocenters. The van der Waals surface area contributed by atoms with Gasteiger partial charge in [0.2, 0.25) is 5.91 Å². The highest BCUT2D eigenvalue weighted by molar-refractivity contribution is 7.99. The van der Waals surface area contributed by atoms with Gasteiger partial charge < -0.3 is 5.32 Å². The lowest BCUT2D eigenvalue weighted by Crippen LogP contribution is -2.16. The summed E-state index contributed by atoms with van der Waals surface area (Å²) in [7, 11) is 0. The van der Waals surface area contributed by atoms with Gasteiger partial charge in [0.1, 0.15) is 5.82 Å². The summed E-state index contributed by atoms with van der Waals surface area (Å²) in [4.78, 5) is 16.7. The van der Waals surface area contributed by atoms with E-state index in [0.717, 1.165) is 22.4 Å². The van der Waals surface area contributed by atoms with Crippen LogP contribution >= 0.6 is 11.8 Å². The Balaban J connectivity index is 1.60. The number of hydrogen-bond donors (Lipinski definition) is 1. The van der Waals surface area contributed by atoms with Crippen LogP contribution in [0.3, 0.4) is 0 Å². The molecule has 0 radical (unpaired) electrons. The van der Waals surface area contributed by atoms with Crippen molar-refractivity contribution in [1.82, 2.24) is 19.7 Å². The third-order valence-electron chi connectivity index (χ3n) is 4.73. The van der Waals surface area contributed by atoms with Gasteiger partial charge in [0.05, 0.1) is 5.75 Å². The van der Waals surface area contributed by atoms with E-state index in [1.165, 1.54) is 23.9 Å². The fourth-order valence-electron chi connectivity index (χ4n) is 3.19. The summed E-state index contributed by atoms with van der Waals surface area (Å²) in [5.41, 5.74) is 4.36. The van der Waals surface area contributed by atoms with E-state index in [1.807, 2.05) is 48.7 Å². The summed E-state index contributed by atoms with van der Waals surface area (Å²) in [6.45, 7) is 3.92. The summed E-state index contributed by atoms with van der Waals surface area (Å²) in [5, 5.41) is 12.1. The first-order valence-electron chi connectivity index (χ1n) is 9.63. The van der Waals surface area contributed by atoms with Crippen molar-refractivity contribution in [2.75, 3.05) is 11.1 Å². The number of pyridine rings is 1. The first-order valence-corrected chi connectivity index (χ1v) is 10.6. The molecule has 0 fully saturated rings. The molecule has 0 bridgehead atoms. The third-order valence-corrected chi connectivity index (χ3v) is 5.66. The lowest BCUT2D eigenvalue weighted by atomic mass is 10.1. The number of amides is 1. The molecule has 4 aromatic rings. The van der Waals surface area contributed by atoms with Crippen LogP contribution in [0.5, 0.6) is 0 Å². The van der Waals surface area contributed by atoms with E-state index >= 15 is 0 Å². The highest BCUT2D eigenvalue weighted by Crippen LogP contribution is 2.28. The van der Waals surface area contributed by atoms with Crippen molar-refractivity contribution in [3.05, 3.63) is 83.9 Å². The topological polar surface area (TPSA) is 72.7 Å². The summed E-state index contributed by atoms with van der Waals surface area (Å²) in [6, 6.07) is 15.6. The smallest absolute Gasteiger partial charge is 0.234 e. The average Bonchev–Trinajstić information content (AvgIpc) is 3.20. The number of para-hydroxylation sites is 1. The molecule has 8 heteroatoms. The normalized spacial score (nSPS) is 10.8. The summed E-state index contributed by atoms with van der Waals surface area (Å²) >= 11 is 1.27. The number of thioether (sulfide) groups is 1. The fraction of sp³-hybridized carbons (Fsp3) is 0.130. The summed E-state index contributed by atoms with van der Waals surface area (Å²) < 4.78 is 15.3. The zero-order valence-electron chi connectivity index (χ0n) is 17.0. The first-order chi connectivity index (χ1) is 15.0. The van der Waals surface area contributed by atoms with Gasteiger partial charge in [-0.3, -0.25) is 14.3 Å². The van der Waals surface area contributed by atoms with Crippen molar-refractivity contribution in [2.24, 2.45) is 0 Å². The van der Waals surface area contributed by atoms with E-state index in [0.29, 0.717) is 16.7 Å². The molecule has 0 unspecified atom stereocenters. The molecule has 1 amide bonds. The summed E-state index contributed by atoms with van der Waals surface area (Å²) in [5.74, 6) is 0.279. The Labute approximate surface area is 183 Å². The number of rotatable bonds is 6. The molecular weight excluding hydrogens is 413 g/mol. The largest absolute Gasteiger partial charge is 0.325 e. The van der Waals surface area contributed by atoms with Crippen LogP contribution in [-0.4, -0.2) is 31.4 Å². The molecule has 0 aliphatic heterocycles. The summed E-state index contributed by atoms with van der Waals surface area (Å²) in [6.07, 6.45) is 3.34. The molecule has 6 nitrogen and oxygen atoms in total. The number of anilines is 1. The highest BCUT2D eigenvalue weighted by atomic mass is 32.2. The highest BCUT2D eigenvalue weighted by Gasteiger charge is 2.18. The fourth-order valence-corrected chi connectivity index (χ4v) is 3.94. The molecule has 2 aromatic heterocycles. The molecule has 0 spiro atoms. The molecule has 1 N–H and O–H groups in total. The van der Waals surface area contributed by atoms with Crippen molar-refractivity contribution in [1.29, 1.82) is 0 Å². The Morgan fingerprint density at radius 1 is 1.00 bits per heavy atom. The second-order valence-electron chi connectivity index (χ2n) is 6.96. The van der Waals surface area contributed by atoms with Gasteiger partial charge in [0.15, 0.2) is 11.0 Å². The van der Waals surface area contributed by atoms with Gasteiger partial charge in [-0.25, -0.2) is 4.39 Å². The van der Waals surface area contributed by atoms with E-state index in [2.05, 4.69) is 20.5 Å². The number of aryl methyl sites for hydroxylation is 2. The van der Waals surface area contributed by atoms with E-state index in [9.17, 15) is 9.18 Å². The number of carbonyl (C=O) groups is 1. The van der Waals surface area contributed by atoms with E-state index in [-0.39, 0.29) is 17.5 Å². The van der Waals surface area contributed by atoms with Gasteiger partial charge in [-0.1, -0.05) is 30.0 Å². The number of nitrogens with one attached hydrogen (secondary N) is 1. The van der Waals surface area contributed by atoms with Crippen molar-refractivity contribution in [2.45, 2.75) is 19.0 Å². The van der Waals surface area contributed by atoms with Gasteiger partial charge >= 0.3 is 0 Å². The predicted octanol–water partition coefficient (Wildman–Crippen LogP) is 4.82. The molecular formula is C23H20FN5OS. The average molecular weight is 434 g/mol. The first kappa shape index (κ1) is 20.7. The van der Waals surface area contributed by atoms with E-state index < -0.39 is 0 Å². The maximum Gasteiger partial charge on any atom is 0.234 e. The number of hydrogen-bond acceptors (Lipinski definition) is 5. The Morgan fingerprint density at radius 3 is 2.35 bits per heavy atom. The lowest BCUT2D eigenvalue weighted by Gasteiger charge is -2.12. The molecule has 0 aliphatic rings.